The van der Waals surface area contributed by atoms with Crippen LogP contribution in [0.25, 0.3) is 16.9 Å². The predicted octanol–water partition coefficient (Wildman–Crippen LogP) is 2.33. The van der Waals surface area contributed by atoms with Crippen LogP contribution in [0.1, 0.15) is 5.69 Å². The molecule has 24 heavy (non-hydrogen) atoms. The van der Waals surface area contributed by atoms with Gasteiger partial charge in [0, 0.05) is 50.2 Å². The number of benzene rings is 1. The summed E-state index contributed by atoms with van der Waals surface area (Å²) in [6.45, 7) is 5.32. The van der Waals surface area contributed by atoms with Crippen LogP contribution >= 0.6 is 0 Å². The number of anilines is 1. The lowest BCUT2D eigenvalue weighted by Gasteiger charge is -2.32. The summed E-state index contributed by atoms with van der Waals surface area (Å²) in [5.74, 6) is 0. The minimum atomic E-state index is 0.773. The Labute approximate surface area is 142 Å². The maximum absolute atomic E-state index is 5.99. The van der Waals surface area contributed by atoms with Crippen molar-refractivity contribution in [2.75, 3.05) is 39.0 Å². The molecular weight excluding hydrogens is 298 g/mol. The summed E-state index contributed by atoms with van der Waals surface area (Å²) in [4.78, 5) is 9.76. The zero-order valence-electron chi connectivity index (χ0n) is 14.0. The summed E-state index contributed by atoms with van der Waals surface area (Å²) in [7, 11) is 2.18. The molecule has 4 rings (SSSR count). The van der Waals surface area contributed by atoms with E-state index in [9.17, 15) is 0 Å². The molecule has 2 aromatic heterocycles. The topological polar surface area (TPSA) is 49.8 Å². The van der Waals surface area contributed by atoms with Crippen molar-refractivity contribution in [1.29, 1.82) is 0 Å². The van der Waals surface area contributed by atoms with Gasteiger partial charge in [0.2, 0.25) is 0 Å². The molecule has 3 aromatic rings. The molecule has 1 fully saturated rings. The molecular formula is C19H23N5. The molecule has 0 spiro atoms. The zero-order valence-corrected chi connectivity index (χ0v) is 14.0. The number of piperazine rings is 1. The second-order valence-electron chi connectivity index (χ2n) is 6.54. The van der Waals surface area contributed by atoms with Crippen LogP contribution in [0, 0.1) is 0 Å². The standard InChI is InChI=1S/C19H23N5/c1-22-9-11-23(12-10-22)14-17-19(15-5-4-6-16(20)13-15)21-18-7-2-3-8-24(17)18/h2-8,13H,9-12,14,20H2,1H3. The van der Waals surface area contributed by atoms with Crippen LogP contribution in [0.4, 0.5) is 5.69 Å². The lowest BCUT2D eigenvalue weighted by atomic mass is 10.1. The first-order valence-corrected chi connectivity index (χ1v) is 8.43. The van der Waals surface area contributed by atoms with Crippen LogP contribution in [0.5, 0.6) is 0 Å². The largest absolute Gasteiger partial charge is 0.399 e. The summed E-state index contributed by atoms with van der Waals surface area (Å²) < 4.78 is 2.21. The van der Waals surface area contributed by atoms with E-state index in [1.54, 1.807) is 0 Å². The van der Waals surface area contributed by atoms with Gasteiger partial charge in [-0.2, -0.15) is 0 Å². The lowest BCUT2D eigenvalue weighted by Crippen LogP contribution is -2.44. The maximum atomic E-state index is 5.99. The Bertz CT molecular complexity index is 846. The van der Waals surface area contributed by atoms with Gasteiger partial charge in [-0.3, -0.25) is 4.90 Å². The number of fused-ring (bicyclic) bond motifs is 1. The van der Waals surface area contributed by atoms with E-state index in [1.165, 1.54) is 5.69 Å². The second kappa shape index (κ2) is 6.26. The highest BCUT2D eigenvalue weighted by Gasteiger charge is 2.19. The fourth-order valence-electron chi connectivity index (χ4n) is 3.33. The number of nitrogens with zero attached hydrogens (tertiary/aromatic N) is 4. The molecule has 3 heterocycles. The molecule has 2 N–H and O–H groups in total. The normalized spacial score (nSPS) is 16.7. The van der Waals surface area contributed by atoms with Crippen molar-refractivity contribution in [2.45, 2.75) is 6.54 Å². The molecule has 1 saturated heterocycles. The number of likely N-dealkylation sites (N-methyl/N-ethyl adjacent to an activating group) is 1. The first-order valence-electron chi connectivity index (χ1n) is 8.43. The van der Waals surface area contributed by atoms with Crippen molar-refractivity contribution in [2.24, 2.45) is 0 Å². The van der Waals surface area contributed by atoms with E-state index in [0.29, 0.717) is 0 Å². The molecule has 0 amide bonds. The van der Waals surface area contributed by atoms with Gasteiger partial charge >= 0.3 is 0 Å². The number of hydrogen-bond donors (Lipinski definition) is 1. The van der Waals surface area contributed by atoms with Crippen LogP contribution in [-0.2, 0) is 6.54 Å². The van der Waals surface area contributed by atoms with Crippen molar-refractivity contribution in [3.8, 4) is 11.3 Å². The fraction of sp³-hybridized carbons (Fsp3) is 0.316. The van der Waals surface area contributed by atoms with Gasteiger partial charge in [0.1, 0.15) is 5.65 Å². The highest BCUT2D eigenvalue weighted by molar-refractivity contribution is 5.69. The molecule has 124 valence electrons. The quantitative estimate of drug-likeness (QED) is 0.752. The molecule has 0 radical (unpaired) electrons. The number of imidazole rings is 1. The van der Waals surface area contributed by atoms with Gasteiger partial charge in [-0.1, -0.05) is 18.2 Å². The Balaban J connectivity index is 1.76. The SMILES string of the molecule is CN1CCN(Cc2c(-c3cccc(N)c3)nc3ccccn23)CC1. The Morgan fingerprint density at radius 1 is 1.04 bits per heavy atom. The number of nitrogen functional groups attached to an aromatic ring is 1. The second-order valence-corrected chi connectivity index (χ2v) is 6.54. The third kappa shape index (κ3) is 2.88. The van der Waals surface area contributed by atoms with E-state index < -0.39 is 0 Å². The molecule has 1 aromatic carbocycles. The summed E-state index contributed by atoms with van der Waals surface area (Å²) in [6.07, 6.45) is 2.10. The van der Waals surface area contributed by atoms with Crippen molar-refractivity contribution < 1.29 is 0 Å². The van der Waals surface area contributed by atoms with Gasteiger partial charge in [-0.25, -0.2) is 4.98 Å². The molecule has 5 nitrogen and oxygen atoms in total. The van der Waals surface area contributed by atoms with Crippen LogP contribution in [0.15, 0.2) is 48.7 Å². The zero-order chi connectivity index (χ0) is 16.5. The first-order chi connectivity index (χ1) is 11.7. The number of pyridine rings is 1. The first kappa shape index (κ1) is 15.2. The fourth-order valence-corrected chi connectivity index (χ4v) is 3.33. The summed E-state index contributed by atoms with van der Waals surface area (Å²) in [5, 5.41) is 0. The Morgan fingerprint density at radius 3 is 2.67 bits per heavy atom. The third-order valence-electron chi connectivity index (χ3n) is 4.76. The molecule has 0 bridgehead atoms. The van der Waals surface area contributed by atoms with Gasteiger partial charge in [0.05, 0.1) is 11.4 Å². The Kier molecular flexibility index (Phi) is 3.96. The van der Waals surface area contributed by atoms with E-state index in [0.717, 1.165) is 55.3 Å². The van der Waals surface area contributed by atoms with Crippen molar-refractivity contribution in [3.05, 3.63) is 54.4 Å². The number of hydrogen-bond acceptors (Lipinski definition) is 4. The van der Waals surface area contributed by atoms with Gasteiger partial charge in [0.15, 0.2) is 0 Å². The summed E-state index contributed by atoms with van der Waals surface area (Å²) in [6, 6.07) is 14.2. The summed E-state index contributed by atoms with van der Waals surface area (Å²) >= 11 is 0. The summed E-state index contributed by atoms with van der Waals surface area (Å²) in [5.41, 5.74) is 11.1. The van der Waals surface area contributed by atoms with Gasteiger partial charge < -0.3 is 15.0 Å². The molecule has 1 aliphatic rings. The number of nitrogens with two attached hydrogens (primary N) is 1. The molecule has 0 saturated carbocycles. The van der Waals surface area contributed by atoms with Gasteiger partial charge in [-0.05, 0) is 31.3 Å². The minimum absolute atomic E-state index is 0.773. The maximum Gasteiger partial charge on any atom is 0.137 e. The van der Waals surface area contributed by atoms with Gasteiger partial charge in [0.25, 0.3) is 0 Å². The van der Waals surface area contributed by atoms with E-state index in [1.807, 2.05) is 24.3 Å². The molecule has 1 aliphatic heterocycles. The van der Waals surface area contributed by atoms with E-state index >= 15 is 0 Å². The van der Waals surface area contributed by atoms with E-state index in [2.05, 4.69) is 45.6 Å². The predicted molar refractivity (Wildman–Crippen MR) is 97.8 cm³/mol. The molecule has 0 aliphatic carbocycles. The highest BCUT2D eigenvalue weighted by atomic mass is 15.3. The Morgan fingerprint density at radius 2 is 1.88 bits per heavy atom. The van der Waals surface area contributed by atoms with Crippen LogP contribution in [0.3, 0.4) is 0 Å². The Hall–Kier alpha value is -2.37. The smallest absolute Gasteiger partial charge is 0.137 e. The van der Waals surface area contributed by atoms with Gasteiger partial charge in [-0.15, -0.1) is 0 Å². The monoisotopic (exact) mass is 321 g/mol. The number of rotatable bonds is 3. The van der Waals surface area contributed by atoms with Crippen LogP contribution < -0.4 is 5.73 Å². The average molecular weight is 321 g/mol. The highest BCUT2D eigenvalue weighted by Crippen LogP contribution is 2.27. The lowest BCUT2D eigenvalue weighted by molar-refractivity contribution is 0.147. The average Bonchev–Trinajstić information content (AvgIpc) is 2.96. The van der Waals surface area contributed by atoms with Crippen molar-refractivity contribution >= 4 is 11.3 Å². The molecule has 0 atom stereocenters. The van der Waals surface area contributed by atoms with E-state index in [-0.39, 0.29) is 0 Å². The minimum Gasteiger partial charge on any atom is -0.399 e. The van der Waals surface area contributed by atoms with Crippen molar-refractivity contribution in [3.63, 3.8) is 0 Å². The molecule has 0 unspecified atom stereocenters. The van der Waals surface area contributed by atoms with E-state index in [4.69, 9.17) is 10.7 Å². The number of aromatic nitrogens is 2. The van der Waals surface area contributed by atoms with Crippen LogP contribution in [-0.4, -0.2) is 52.4 Å². The van der Waals surface area contributed by atoms with Crippen molar-refractivity contribution in [1.82, 2.24) is 19.2 Å². The molecule has 5 heteroatoms. The third-order valence-corrected chi connectivity index (χ3v) is 4.76. The van der Waals surface area contributed by atoms with Crippen LogP contribution in [0.2, 0.25) is 0 Å².